The second kappa shape index (κ2) is 15.3. The number of nitrogens with two attached hydrogens (primary N) is 1. The first-order chi connectivity index (χ1) is 21.2. The minimum atomic E-state index is -3.48. The Balaban J connectivity index is 1.18. The van der Waals surface area contributed by atoms with Crippen molar-refractivity contribution in [1.82, 2.24) is 19.1 Å². The highest BCUT2D eigenvalue weighted by molar-refractivity contribution is 7.56. The van der Waals surface area contributed by atoms with Crippen molar-refractivity contribution in [3.05, 3.63) is 55.8 Å². The molecule has 0 aromatic carbocycles. The van der Waals surface area contributed by atoms with Crippen molar-refractivity contribution in [2.75, 3.05) is 18.9 Å². The lowest BCUT2D eigenvalue weighted by molar-refractivity contribution is -0.0516. The zero-order chi connectivity index (χ0) is 33.0. The van der Waals surface area contributed by atoms with Gasteiger partial charge in [0.05, 0.1) is 0 Å². The highest BCUT2D eigenvalue weighted by Gasteiger charge is 2.56. The molecular weight excluding hydrogens is 698 g/mol. The fourth-order valence-electron chi connectivity index (χ4n) is 3.95. The molecule has 0 bridgehead atoms. The van der Waals surface area contributed by atoms with Crippen LogP contribution in [-0.4, -0.2) is 89.4 Å². The molecule has 2 aromatic rings. The van der Waals surface area contributed by atoms with Crippen molar-refractivity contribution in [1.29, 1.82) is 0 Å². The van der Waals surface area contributed by atoms with Gasteiger partial charge in [-0.25, -0.2) is 9.59 Å². The van der Waals surface area contributed by atoms with Crippen molar-refractivity contribution in [2.45, 2.75) is 49.1 Å². The van der Waals surface area contributed by atoms with Crippen molar-refractivity contribution >= 4 is 38.8 Å². The molecule has 7 N–H and O–H groups in total. The van der Waals surface area contributed by atoms with Crippen molar-refractivity contribution in [3.63, 3.8) is 0 Å². The SMILES string of the molecule is Nc1ccn([C@H]2O[C@@H](CO[P+](=O)O[P+](=O)O[P+](=O)O[P+](=O)OC[C@H]3O[C@@H](n4ccc(=O)[nH]c4=O)[C@H](O)[C@@H]3O)[C@H](O)[C@H]2O)c(=O)n1. The summed E-state index contributed by atoms with van der Waals surface area (Å²) in [7, 11) is -13.5. The Labute approximate surface area is 252 Å². The molecule has 4 unspecified atom stereocenters. The lowest BCUT2D eigenvalue weighted by Crippen LogP contribution is -2.37. The quantitative estimate of drug-likeness (QED) is 0.119. The van der Waals surface area contributed by atoms with E-state index in [1.54, 1.807) is 0 Å². The summed E-state index contributed by atoms with van der Waals surface area (Å²) in [5, 5.41) is 40.7. The Kier molecular flexibility index (Phi) is 11.9. The molecule has 244 valence electrons. The molecule has 0 aliphatic carbocycles. The first kappa shape index (κ1) is 35.2. The zero-order valence-corrected chi connectivity index (χ0v) is 25.6. The van der Waals surface area contributed by atoms with Crippen LogP contribution in [0.3, 0.4) is 0 Å². The van der Waals surface area contributed by atoms with E-state index < -0.39 is 112 Å². The summed E-state index contributed by atoms with van der Waals surface area (Å²) in [5.74, 6) is -0.0984. The summed E-state index contributed by atoms with van der Waals surface area (Å²) < 4.78 is 82.5. The molecule has 0 amide bonds. The van der Waals surface area contributed by atoms with Crippen molar-refractivity contribution in [3.8, 4) is 0 Å². The largest absolute Gasteiger partial charge is 0.798 e. The number of hydrogen-bond acceptors (Lipinski definition) is 20. The number of H-pyrrole nitrogens is 1. The minimum Gasteiger partial charge on any atom is -0.387 e. The van der Waals surface area contributed by atoms with E-state index in [1.165, 1.54) is 6.07 Å². The monoisotopic (exact) mass is 721 g/mol. The minimum absolute atomic E-state index is 0.0984. The maximum atomic E-state index is 12.0. The number of nitrogens with one attached hydrogen (secondary N) is 1. The molecule has 27 heteroatoms. The first-order valence-electron chi connectivity index (χ1n) is 12.1. The third kappa shape index (κ3) is 8.78. The summed E-state index contributed by atoms with van der Waals surface area (Å²) in [6.45, 7) is -1.45. The molecule has 2 aromatic heterocycles. The van der Waals surface area contributed by atoms with E-state index in [2.05, 4.69) is 17.9 Å². The standard InChI is InChI=1S/C18H21N5O18P4/c19-9-1-3-22(17(29)20-9)15-13(27)11(25)7(37-15)5-35-42(31)39-44(33)41-45(34)40-43(32)36-6-8-12(26)14(28)16(38-8)23-4-2-10(24)21-18(23)30/h1-4,7-8,11-16,25-28H,5-6H2,(H-2,19,20,21,24,29,30)/q+2/p+2/t7-,8+,11-,12+,13+,14+,15-,16+/m0/s1. The molecule has 23 nitrogen and oxygen atoms in total. The molecular formula is C18H23N5O18P4+4. The fraction of sp³-hybridized carbons (Fsp3) is 0.556. The number of nitrogen functional groups attached to an aromatic ring is 1. The van der Waals surface area contributed by atoms with E-state index in [0.717, 1.165) is 27.6 Å². The van der Waals surface area contributed by atoms with E-state index in [0.29, 0.717) is 0 Å². The average molecular weight is 721 g/mol. The summed E-state index contributed by atoms with van der Waals surface area (Å²) in [6.07, 6.45) is -10.0. The van der Waals surface area contributed by atoms with Gasteiger partial charge in [0.2, 0.25) is 0 Å². The van der Waals surface area contributed by atoms with E-state index in [-0.39, 0.29) is 5.82 Å². The number of anilines is 1. The number of aliphatic hydroxyl groups excluding tert-OH is 4. The van der Waals surface area contributed by atoms with E-state index in [9.17, 15) is 53.1 Å². The highest BCUT2D eigenvalue weighted by atomic mass is 31.2. The first-order valence-corrected chi connectivity index (χ1v) is 16.5. The number of hydrogen-bond donors (Lipinski definition) is 6. The van der Waals surface area contributed by atoms with E-state index in [4.69, 9.17) is 24.3 Å². The molecule has 0 saturated carbocycles. The molecule has 0 spiro atoms. The van der Waals surface area contributed by atoms with Gasteiger partial charge in [-0.3, -0.25) is 18.9 Å². The molecule has 2 fully saturated rings. The van der Waals surface area contributed by atoms with Gasteiger partial charge in [0.25, 0.3) is 5.56 Å². The van der Waals surface area contributed by atoms with Crippen molar-refractivity contribution in [2.24, 2.45) is 0 Å². The van der Waals surface area contributed by atoms with Gasteiger partial charge in [-0.05, 0) is 6.07 Å². The molecule has 2 aliphatic rings. The highest BCUT2D eigenvalue weighted by Crippen LogP contribution is 2.51. The second-order valence-electron chi connectivity index (χ2n) is 8.88. The number of aromatic nitrogens is 4. The zero-order valence-electron chi connectivity index (χ0n) is 22.1. The van der Waals surface area contributed by atoms with Crippen LogP contribution in [0.2, 0.25) is 0 Å². The third-order valence-electron chi connectivity index (χ3n) is 6.01. The molecule has 4 rings (SSSR count). The van der Waals surface area contributed by atoms with Crippen LogP contribution in [0, 0.1) is 0 Å². The van der Waals surface area contributed by atoms with Crippen LogP contribution < -0.4 is 22.7 Å². The van der Waals surface area contributed by atoms with Gasteiger partial charge in [0.1, 0.15) is 55.7 Å². The predicted molar refractivity (Wildman–Crippen MR) is 142 cm³/mol. The maximum absolute atomic E-state index is 12.0. The number of aromatic amines is 1. The third-order valence-corrected chi connectivity index (χ3v) is 9.93. The van der Waals surface area contributed by atoms with Gasteiger partial charge >= 0.3 is 44.4 Å². The lowest BCUT2D eigenvalue weighted by Gasteiger charge is -2.16. The van der Waals surface area contributed by atoms with Gasteiger partial charge in [0.15, 0.2) is 25.4 Å². The smallest absolute Gasteiger partial charge is 0.387 e. The van der Waals surface area contributed by atoms with Crippen molar-refractivity contribution < 1.29 is 70.1 Å². The van der Waals surface area contributed by atoms with Gasteiger partial charge in [0, 0.05) is 36.7 Å². The van der Waals surface area contributed by atoms with Crippen LogP contribution in [0.1, 0.15) is 12.5 Å². The Morgan fingerprint density at radius 2 is 1.22 bits per heavy atom. The summed E-state index contributed by atoms with van der Waals surface area (Å²) >= 11 is 0. The Morgan fingerprint density at radius 3 is 1.71 bits per heavy atom. The average Bonchev–Trinajstić information content (AvgIpc) is 3.40. The lowest BCUT2D eigenvalue weighted by atomic mass is 10.1. The topological polar surface area (TPSA) is 330 Å². The predicted octanol–water partition coefficient (Wildman–Crippen LogP) is -1.67. The molecule has 4 heterocycles. The van der Waals surface area contributed by atoms with Crippen LogP contribution in [0.15, 0.2) is 38.9 Å². The molecule has 45 heavy (non-hydrogen) atoms. The molecule has 2 saturated heterocycles. The Bertz CT molecular complexity index is 1640. The van der Waals surface area contributed by atoms with Crippen LogP contribution in [0.25, 0.3) is 0 Å². The number of nitrogens with zero attached hydrogens (tertiary/aromatic N) is 3. The Morgan fingerprint density at radius 1 is 0.756 bits per heavy atom. The van der Waals surface area contributed by atoms with Gasteiger partial charge in [-0.1, -0.05) is 0 Å². The second-order valence-corrected chi connectivity index (χ2v) is 13.1. The number of ether oxygens (including phenoxy) is 2. The number of aliphatic hydroxyl groups is 4. The molecule has 0 radical (unpaired) electrons. The fourth-order valence-corrected chi connectivity index (χ4v) is 6.95. The van der Waals surface area contributed by atoms with Gasteiger partial charge in [-0.2, -0.15) is 4.98 Å². The van der Waals surface area contributed by atoms with E-state index >= 15 is 0 Å². The molecule has 12 atom stereocenters. The van der Waals surface area contributed by atoms with E-state index in [1.807, 2.05) is 4.98 Å². The van der Waals surface area contributed by atoms with Crippen LogP contribution in [-0.2, 0) is 49.7 Å². The van der Waals surface area contributed by atoms with Crippen LogP contribution in [0.5, 0.6) is 0 Å². The molecule has 2 aliphatic heterocycles. The number of rotatable bonds is 14. The summed E-state index contributed by atoms with van der Waals surface area (Å²) in [5.41, 5.74) is 2.84. The van der Waals surface area contributed by atoms with Crippen LogP contribution in [0.4, 0.5) is 5.82 Å². The maximum Gasteiger partial charge on any atom is 0.798 e. The van der Waals surface area contributed by atoms with Crippen LogP contribution >= 0.6 is 33.0 Å². The normalized spacial score (nSPS) is 29.4. The van der Waals surface area contributed by atoms with Gasteiger partial charge < -0.3 is 35.6 Å². The Hall–Kier alpha value is -2.68. The summed E-state index contributed by atoms with van der Waals surface area (Å²) in [6, 6.07) is 2.20. The van der Waals surface area contributed by atoms with Gasteiger partial charge in [-0.15, -0.1) is 9.05 Å². The summed E-state index contributed by atoms with van der Waals surface area (Å²) in [4.78, 5) is 40.5.